The molecular weight excluding hydrogens is 212 g/mol. The van der Waals surface area contributed by atoms with E-state index in [9.17, 15) is 0 Å². The second-order valence-electron chi connectivity index (χ2n) is 3.40. The van der Waals surface area contributed by atoms with Crippen molar-refractivity contribution in [2.75, 3.05) is 0 Å². The highest BCUT2D eigenvalue weighted by Gasteiger charge is 2.15. The van der Waals surface area contributed by atoms with Crippen LogP contribution in [-0.4, -0.2) is 0 Å². The fourth-order valence-corrected chi connectivity index (χ4v) is 2.40. The maximum atomic E-state index is 3.57. The largest absolute Gasteiger partial charge is 0.0766 e. The van der Waals surface area contributed by atoms with Gasteiger partial charge in [-0.3, -0.25) is 0 Å². The molecule has 0 spiro atoms. The Hall–Kier alpha value is -0.560. The molecule has 1 unspecified atom stereocenters. The fraction of sp³-hybridized carbons (Fsp3) is 0.273. The van der Waals surface area contributed by atoms with Crippen molar-refractivity contribution in [1.29, 1.82) is 0 Å². The van der Waals surface area contributed by atoms with E-state index in [4.69, 9.17) is 0 Å². The monoisotopic (exact) mass is 222 g/mol. The van der Waals surface area contributed by atoms with Crippen LogP contribution in [0.25, 0.3) is 6.08 Å². The Labute approximate surface area is 81.4 Å². The molecule has 1 aromatic carbocycles. The van der Waals surface area contributed by atoms with Gasteiger partial charge in [0.25, 0.3) is 0 Å². The van der Waals surface area contributed by atoms with Gasteiger partial charge in [0.2, 0.25) is 0 Å². The van der Waals surface area contributed by atoms with Gasteiger partial charge in [0.1, 0.15) is 0 Å². The molecule has 62 valence electrons. The minimum Gasteiger partial charge on any atom is -0.0766 e. The number of fused-ring (bicyclic) bond motifs is 1. The normalized spacial score (nSPS) is 19.8. The van der Waals surface area contributed by atoms with Gasteiger partial charge in [-0.05, 0) is 35.6 Å². The maximum Gasteiger partial charge on any atom is 0.0253 e. The minimum atomic E-state index is 0.580. The van der Waals surface area contributed by atoms with Crippen molar-refractivity contribution < 1.29 is 0 Å². The molecule has 0 heterocycles. The highest BCUT2D eigenvalue weighted by atomic mass is 79.9. The van der Waals surface area contributed by atoms with Crippen LogP contribution < -0.4 is 0 Å². The number of halogens is 1. The van der Waals surface area contributed by atoms with E-state index in [0.29, 0.717) is 5.92 Å². The minimum absolute atomic E-state index is 0.580. The van der Waals surface area contributed by atoms with E-state index < -0.39 is 0 Å². The van der Waals surface area contributed by atoms with Gasteiger partial charge in [0, 0.05) is 4.47 Å². The van der Waals surface area contributed by atoms with Gasteiger partial charge in [-0.15, -0.1) is 0 Å². The van der Waals surface area contributed by atoms with Crippen molar-refractivity contribution in [3.05, 3.63) is 39.4 Å². The Morgan fingerprint density at radius 2 is 2.08 bits per heavy atom. The Morgan fingerprint density at radius 3 is 2.83 bits per heavy atom. The Morgan fingerprint density at radius 1 is 1.33 bits per heavy atom. The summed E-state index contributed by atoms with van der Waals surface area (Å²) in [6, 6.07) is 4.44. The number of rotatable bonds is 0. The predicted molar refractivity (Wildman–Crippen MR) is 56.3 cm³/mol. The van der Waals surface area contributed by atoms with Crippen LogP contribution in [-0.2, 0) is 0 Å². The van der Waals surface area contributed by atoms with Gasteiger partial charge in [0.05, 0.1) is 0 Å². The first kappa shape index (κ1) is 8.06. The lowest BCUT2D eigenvalue weighted by atomic mass is 10.0. The second kappa shape index (κ2) is 2.74. The molecule has 1 heteroatoms. The van der Waals surface area contributed by atoms with Gasteiger partial charge >= 0.3 is 0 Å². The van der Waals surface area contributed by atoms with E-state index in [1.807, 2.05) is 0 Å². The molecule has 12 heavy (non-hydrogen) atoms. The molecule has 0 radical (unpaired) electrons. The van der Waals surface area contributed by atoms with E-state index in [1.54, 1.807) is 0 Å². The summed E-state index contributed by atoms with van der Waals surface area (Å²) in [4.78, 5) is 0. The van der Waals surface area contributed by atoms with Gasteiger partial charge < -0.3 is 0 Å². The highest BCUT2D eigenvalue weighted by Crippen LogP contribution is 2.35. The average Bonchev–Trinajstić information content (AvgIpc) is 2.33. The van der Waals surface area contributed by atoms with E-state index in [-0.39, 0.29) is 0 Å². The number of hydrogen-bond acceptors (Lipinski definition) is 0. The average molecular weight is 223 g/mol. The maximum absolute atomic E-state index is 3.57. The predicted octanol–water partition coefficient (Wildman–Crippen LogP) is 3.89. The molecule has 0 bridgehead atoms. The van der Waals surface area contributed by atoms with Gasteiger partial charge in [0.15, 0.2) is 0 Å². The van der Waals surface area contributed by atoms with Gasteiger partial charge in [-0.25, -0.2) is 0 Å². The van der Waals surface area contributed by atoms with Crippen molar-refractivity contribution in [2.45, 2.75) is 19.8 Å². The Bertz CT molecular complexity index is 350. The van der Waals surface area contributed by atoms with Crippen LogP contribution in [0.5, 0.6) is 0 Å². The zero-order chi connectivity index (χ0) is 8.72. The molecule has 0 aliphatic heterocycles. The summed E-state index contributed by atoms with van der Waals surface area (Å²) in [5.41, 5.74) is 4.13. The molecule has 1 aliphatic rings. The second-order valence-corrected chi connectivity index (χ2v) is 4.25. The van der Waals surface area contributed by atoms with Crippen molar-refractivity contribution in [2.24, 2.45) is 0 Å². The Balaban J connectivity index is 2.66. The molecule has 2 rings (SSSR count). The summed E-state index contributed by atoms with van der Waals surface area (Å²) in [6.07, 6.45) is 4.44. The molecule has 0 saturated carbocycles. The Kier molecular flexibility index (Phi) is 1.84. The van der Waals surface area contributed by atoms with Crippen LogP contribution in [0, 0.1) is 6.92 Å². The zero-order valence-corrected chi connectivity index (χ0v) is 8.85. The summed E-state index contributed by atoms with van der Waals surface area (Å²) in [6.45, 7) is 4.37. The van der Waals surface area contributed by atoms with Crippen LogP contribution in [0.1, 0.15) is 29.5 Å². The zero-order valence-electron chi connectivity index (χ0n) is 7.26. The first-order valence-corrected chi connectivity index (χ1v) is 4.96. The third kappa shape index (κ3) is 1.13. The third-order valence-electron chi connectivity index (χ3n) is 2.35. The lowest BCUT2D eigenvalue weighted by Crippen LogP contribution is -1.89. The van der Waals surface area contributed by atoms with Gasteiger partial charge in [-0.2, -0.15) is 0 Å². The van der Waals surface area contributed by atoms with E-state index in [2.05, 4.69) is 54.1 Å². The molecule has 0 saturated heterocycles. The fourth-order valence-electron chi connectivity index (χ4n) is 1.68. The van der Waals surface area contributed by atoms with Crippen LogP contribution in [0.3, 0.4) is 0 Å². The topological polar surface area (TPSA) is 0 Å². The molecule has 1 aliphatic carbocycles. The lowest BCUT2D eigenvalue weighted by molar-refractivity contribution is 0.985. The molecule has 1 aromatic rings. The molecule has 0 nitrogen and oxygen atoms in total. The van der Waals surface area contributed by atoms with Crippen LogP contribution in [0.4, 0.5) is 0 Å². The smallest absolute Gasteiger partial charge is 0.0253 e. The van der Waals surface area contributed by atoms with Crippen LogP contribution >= 0.6 is 15.9 Å². The van der Waals surface area contributed by atoms with Crippen LogP contribution in [0.15, 0.2) is 22.7 Å². The summed E-state index contributed by atoms with van der Waals surface area (Å²) in [7, 11) is 0. The van der Waals surface area contributed by atoms with Crippen molar-refractivity contribution in [3.8, 4) is 0 Å². The van der Waals surface area contributed by atoms with Crippen LogP contribution in [0.2, 0.25) is 0 Å². The molecule has 0 amide bonds. The summed E-state index contributed by atoms with van der Waals surface area (Å²) >= 11 is 3.57. The first-order valence-electron chi connectivity index (χ1n) is 4.17. The lowest BCUT2D eigenvalue weighted by Gasteiger charge is -2.07. The van der Waals surface area contributed by atoms with Gasteiger partial charge in [-0.1, -0.05) is 41.1 Å². The molecule has 1 atom stereocenters. The standard InChI is InChI=1S/C11H11Br/c1-7-5-10-8(2)3-4-9(10)11(12)6-7/h3-6,8H,1-2H3. The van der Waals surface area contributed by atoms with Crippen molar-refractivity contribution in [1.82, 2.24) is 0 Å². The van der Waals surface area contributed by atoms with E-state index >= 15 is 0 Å². The number of benzene rings is 1. The third-order valence-corrected chi connectivity index (χ3v) is 3.00. The molecule has 0 N–H and O–H groups in total. The molecular formula is C11H11Br. The quantitative estimate of drug-likeness (QED) is 0.625. The SMILES string of the molecule is Cc1cc(Br)c2c(c1)C(C)C=C2. The molecule has 0 aromatic heterocycles. The summed E-state index contributed by atoms with van der Waals surface area (Å²) < 4.78 is 1.22. The highest BCUT2D eigenvalue weighted by molar-refractivity contribution is 9.10. The summed E-state index contributed by atoms with van der Waals surface area (Å²) in [5.74, 6) is 0.580. The van der Waals surface area contributed by atoms with E-state index in [1.165, 1.54) is 21.2 Å². The number of hydrogen-bond donors (Lipinski definition) is 0. The summed E-state index contributed by atoms with van der Waals surface area (Å²) in [5, 5.41) is 0. The number of aryl methyl sites for hydroxylation is 1. The van der Waals surface area contributed by atoms with Crippen molar-refractivity contribution >= 4 is 22.0 Å². The van der Waals surface area contributed by atoms with E-state index in [0.717, 1.165) is 0 Å². The van der Waals surface area contributed by atoms with Crippen molar-refractivity contribution in [3.63, 3.8) is 0 Å². The first-order chi connectivity index (χ1) is 5.68. The number of allylic oxidation sites excluding steroid dienone is 1. The molecule has 0 fully saturated rings.